The lowest BCUT2D eigenvalue weighted by Crippen LogP contribution is -2.61. The topological polar surface area (TPSA) is 91.3 Å². The van der Waals surface area contributed by atoms with Gasteiger partial charge in [0.25, 0.3) is 0 Å². The Morgan fingerprint density at radius 1 is 1.04 bits per heavy atom. The summed E-state index contributed by atoms with van der Waals surface area (Å²) in [5.74, 6) is -2.83. The summed E-state index contributed by atoms with van der Waals surface area (Å²) in [6.45, 7) is 3.65. The van der Waals surface area contributed by atoms with Gasteiger partial charge in [-0.1, -0.05) is 12.8 Å². The normalized spacial score (nSPS) is 37.2. The van der Waals surface area contributed by atoms with Gasteiger partial charge in [0.2, 0.25) is 5.79 Å². The number of aliphatic hydroxyl groups is 1. The van der Waals surface area contributed by atoms with Gasteiger partial charge in [0.1, 0.15) is 5.78 Å². The van der Waals surface area contributed by atoms with E-state index in [0.717, 1.165) is 19.3 Å². The summed E-state index contributed by atoms with van der Waals surface area (Å²) < 4.78 is 23.8. The Morgan fingerprint density at radius 3 is 2.39 bits per heavy atom. The minimum Gasteiger partial charge on any atom is -0.396 e. The SMILES string of the molecule is CC1([C@@]23CCC[C@@H](C2)C(=O)C2(OCCO2)[C@@H](CCCCO)CC3=O)OCCO1. The first kappa shape index (κ1) is 20.4. The van der Waals surface area contributed by atoms with Crippen molar-refractivity contribution in [3.05, 3.63) is 0 Å². The molecule has 2 aliphatic heterocycles. The van der Waals surface area contributed by atoms with E-state index in [4.69, 9.17) is 18.9 Å². The number of hydrogen-bond acceptors (Lipinski definition) is 7. The summed E-state index contributed by atoms with van der Waals surface area (Å²) >= 11 is 0. The molecule has 4 aliphatic rings. The highest BCUT2D eigenvalue weighted by Gasteiger charge is 2.64. The minimum atomic E-state index is -1.31. The molecule has 0 amide bonds. The largest absolute Gasteiger partial charge is 0.396 e. The number of unbranched alkanes of at least 4 members (excludes halogenated alkanes) is 1. The molecule has 0 aromatic carbocycles. The third kappa shape index (κ3) is 3.06. The molecule has 4 rings (SSSR count). The van der Waals surface area contributed by atoms with Gasteiger partial charge < -0.3 is 24.1 Å². The molecular weight excluding hydrogens is 364 g/mol. The van der Waals surface area contributed by atoms with Crippen molar-refractivity contribution in [3.8, 4) is 0 Å². The van der Waals surface area contributed by atoms with Gasteiger partial charge in [-0.05, 0) is 39.0 Å². The number of fused-ring (bicyclic) bond motifs is 2. The van der Waals surface area contributed by atoms with E-state index in [1.807, 2.05) is 6.92 Å². The number of Topliss-reactive ketones (excluding diaryl/α,β-unsaturated/α-hetero) is 2. The van der Waals surface area contributed by atoms with Crippen LogP contribution in [0.5, 0.6) is 0 Å². The second-order valence-electron chi connectivity index (χ2n) is 8.79. The lowest BCUT2D eigenvalue weighted by molar-refractivity contribution is -0.246. The molecule has 2 saturated carbocycles. The van der Waals surface area contributed by atoms with Crippen molar-refractivity contribution in [1.82, 2.24) is 0 Å². The van der Waals surface area contributed by atoms with Crippen molar-refractivity contribution in [3.63, 3.8) is 0 Å². The van der Waals surface area contributed by atoms with Crippen LogP contribution >= 0.6 is 0 Å². The second kappa shape index (κ2) is 7.76. The van der Waals surface area contributed by atoms with Gasteiger partial charge in [0.15, 0.2) is 11.6 Å². The Morgan fingerprint density at radius 2 is 1.71 bits per heavy atom. The molecule has 0 aromatic heterocycles. The molecule has 4 fully saturated rings. The molecular formula is C21H32O7. The number of rotatable bonds is 5. The summed E-state index contributed by atoms with van der Waals surface area (Å²) in [5, 5.41) is 9.18. The van der Waals surface area contributed by atoms with Crippen LogP contribution in [0.15, 0.2) is 0 Å². The van der Waals surface area contributed by atoms with E-state index in [2.05, 4.69) is 0 Å². The quantitative estimate of drug-likeness (QED) is 0.711. The highest BCUT2D eigenvalue weighted by molar-refractivity contribution is 5.94. The maximum atomic E-state index is 13.7. The van der Waals surface area contributed by atoms with E-state index in [1.165, 1.54) is 0 Å². The van der Waals surface area contributed by atoms with Crippen LogP contribution in [0.4, 0.5) is 0 Å². The molecule has 1 N–H and O–H groups in total. The van der Waals surface area contributed by atoms with Crippen molar-refractivity contribution in [2.45, 2.75) is 69.9 Å². The van der Waals surface area contributed by atoms with E-state index in [1.54, 1.807) is 0 Å². The van der Waals surface area contributed by atoms with Gasteiger partial charge in [-0.15, -0.1) is 0 Å². The van der Waals surface area contributed by atoms with E-state index >= 15 is 0 Å². The van der Waals surface area contributed by atoms with E-state index in [9.17, 15) is 14.7 Å². The lowest BCUT2D eigenvalue weighted by Gasteiger charge is -2.51. The molecule has 2 aliphatic carbocycles. The van der Waals surface area contributed by atoms with Crippen LogP contribution in [0.25, 0.3) is 0 Å². The average Bonchev–Trinajstić information content (AvgIpc) is 3.37. The molecule has 7 heteroatoms. The van der Waals surface area contributed by atoms with Crippen LogP contribution in [0.3, 0.4) is 0 Å². The molecule has 28 heavy (non-hydrogen) atoms. The van der Waals surface area contributed by atoms with E-state index < -0.39 is 17.0 Å². The third-order valence-corrected chi connectivity index (χ3v) is 7.35. The number of aliphatic hydroxyl groups excluding tert-OH is 1. The maximum absolute atomic E-state index is 13.7. The van der Waals surface area contributed by atoms with Crippen LogP contribution in [0, 0.1) is 17.3 Å². The Bertz CT molecular complexity index is 606. The fraction of sp³-hybridized carbons (Fsp3) is 0.905. The van der Waals surface area contributed by atoms with Gasteiger partial charge >= 0.3 is 0 Å². The van der Waals surface area contributed by atoms with Crippen LogP contribution in [0.1, 0.15) is 58.3 Å². The number of ether oxygens (including phenoxy) is 4. The Balaban J connectivity index is 1.71. The van der Waals surface area contributed by atoms with Crippen LogP contribution in [0.2, 0.25) is 0 Å². The standard InChI is InChI=1S/C21H32O7/c1-19(25-9-10-26-19)20-7-4-5-15(14-20)18(24)21(27-11-12-28-21)16(13-17(20)23)6-2-3-8-22/h15-16,22H,2-14H2,1H3/t15-,16-,20-/m0/s1. The zero-order valence-electron chi connectivity index (χ0n) is 16.7. The van der Waals surface area contributed by atoms with E-state index in [-0.39, 0.29) is 36.4 Å². The number of hydrogen-bond donors (Lipinski definition) is 1. The third-order valence-electron chi connectivity index (χ3n) is 7.35. The maximum Gasteiger partial charge on any atom is 0.232 e. The first-order valence-electron chi connectivity index (χ1n) is 10.7. The van der Waals surface area contributed by atoms with Crippen molar-refractivity contribution in [2.75, 3.05) is 33.0 Å². The summed E-state index contributed by atoms with van der Waals surface area (Å²) in [6, 6.07) is 0. The summed E-state index contributed by atoms with van der Waals surface area (Å²) in [7, 11) is 0. The lowest BCUT2D eigenvalue weighted by atomic mass is 9.57. The predicted molar refractivity (Wildman–Crippen MR) is 98.4 cm³/mol. The summed E-state index contributed by atoms with van der Waals surface area (Å²) in [6.07, 6.45) is 4.83. The highest BCUT2D eigenvalue weighted by atomic mass is 16.7. The number of ketones is 2. The van der Waals surface area contributed by atoms with Crippen molar-refractivity contribution >= 4 is 11.6 Å². The monoisotopic (exact) mass is 396 g/mol. The van der Waals surface area contributed by atoms with Gasteiger partial charge in [-0.2, -0.15) is 0 Å². The van der Waals surface area contributed by atoms with Gasteiger partial charge in [-0.25, -0.2) is 0 Å². The first-order chi connectivity index (χ1) is 13.5. The fourth-order valence-electron chi connectivity index (χ4n) is 5.85. The molecule has 1 spiro atoms. The van der Waals surface area contributed by atoms with Crippen molar-refractivity contribution < 1.29 is 33.6 Å². The van der Waals surface area contributed by atoms with Crippen LogP contribution in [-0.4, -0.2) is 61.3 Å². The Kier molecular flexibility index (Phi) is 5.66. The molecule has 0 radical (unpaired) electrons. The second-order valence-corrected chi connectivity index (χ2v) is 8.79. The molecule has 2 saturated heterocycles. The van der Waals surface area contributed by atoms with Crippen molar-refractivity contribution in [1.29, 1.82) is 0 Å². The van der Waals surface area contributed by atoms with Gasteiger partial charge in [0.05, 0.1) is 31.8 Å². The average molecular weight is 396 g/mol. The summed E-state index contributed by atoms with van der Waals surface area (Å²) in [5.41, 5.74) is -0.794. The molecule has 158 valence electrons. The smallest absolute Gasteiger partial charge is 0.232 e. The number of carbonyl (C=O) groups excluding carboxylic acids is 2. The van der Waals surface area contributed by atoms with Crippen LogP contribution < -0.4 is 0 Å². The highest BCUT2D eigenvalue weighted by Crippen LogP contribution is 2.56. The molecule has 3 atom stereocenters. The molecule has 0 aromatic rings. The van der Waals surface area contributed by atoms with Gasteiger partial charge in [-0.3, -0.25) is 9.59 Å². The predicted octanol–water partition coefficient (Wildman–Crippen LogP) is 1.99. The van der Waals surface area contributed by atoms with Gasteiger partial charge in [0, 0.05) is 24.9 Å². The van der Waals surface area contributed by atoms with Crippen molar-refractivity contribution in [2.24, 2.45) is 17.3 Å². The van der Waals surface area contributed by atoms with Crippen LogP contribution in [-0.2, 0) is 28.5 Å². The zero-order chi connectivity index (χ0) is 19.8. The molecule has 0 unspecified atom stereocenters. The summed E-state index contributed by atoms with van der Waals surface area (Å²) in [4.78, 5) is 27.4. The fourth-order valence-corrected chi connectivity index (χ4v) is 5.85. The Hall–Kier alpha value is -0.860. The molecule has 2 bridgehead atoms. The molecule has 7 nitrogen and oxygen atoms in total. The molecule has 2 heterocycles. The zero-order valence-corrected chi connectivity index (χ0v) is 16.7. The minimum absolute atomic E-state index is 0.0165. The Labute approximate surface area is 166 Å². The van der Waals surface area contributed by atoms with E-state index in [0.29, 0.717) is 52.1 Å². The first-order valence-corrected chi connectivity index (χ1v) is 10.7. The number of carbonyl (C=O) groups is 2.